The highest BCUT2D eigenvalue weighted by atomic mass is 16.1. The predicted molar refractivity (Wildman–Crippen MR) is 62.8 cm³/mol. The predicted octanol–water partition coefficient (Wildman–Crippen LogP) is 1.13. The van der Waals surface area contributed by atoms with Crippen molar-refractivity contribution in [3.8, 4) is 0 Å². The molecule has 15 heavy (non-hydrogen) atoms. The molecule has 1 amide bonds. The van der Waals surface area contributed by atoms with Crippen LogP contribution in [0.25, 0.3) is 0 Å². The molecule has 0 aliphatic rings. The number of aryl methyl sites for hydroxylation is 1. The van der Waals surface area contributed by atoms with E-state index < -0.39 is 0 Å². The van der Waals surface area contributed by atoms with E-state index >= 15 is 0 Å². The van der Waals surface area contributed by atoms with Gasteiger partial charge in [-0.3, -0.25) is 4.79 Å². The van der Waals surface area contributed by atoms with Crippen LogP contribution < -0.4 is 16.4 Å². The first-order valence-corrected chi connectivity index (χ1v) is 4.94. The van der Waals surface area contributed by atoms with Gasteiger partial charge in [0.2, 0.25) is 5.91 Å². The third-order valence-electron chi connectivity index (χ3n) is 2.08. The van der Waals surface area contributed by atoms with E-state index in [0.717, 1.165) is 16.9 Å². The highest BCUT2D eigenvalue weighted by Crippen LogP contribution is 2.17. The average molecular weight is 207 g/mol. The first-order valence-electron chi connectivity index (χ1n) is 4.94. The summed E-state index contributed by atoms with van der Waals surface area (Å²) in [6, 6.07) is 5.73. The second kappa shape index (κ2) is 5.24. The molecule has 4 nitrogen and oxygen atoms in total. The zero-order chi connectivity index (χ0) is 11.3. The maximum atomic E-state index is 10.6. The molecule has 0 saturated heterocycles. The minimum Gasteiger partial charge on any atom is -0.399 e. The molecule has 0 saturated carbocycles. The molecule has 1 aromatic carbocycles. The molecule has 4 heteroatoms. The first kappa shape index (κ1) is 11.4. The molecule has 0 aliphatic carbocycles. The molecule has 0 fully saturated rings. The van der Waals surface area contributed by atoms with Gasteiger partial charge in [-0.1, -0.05) is 6.07 Å². The van der Waals surface area contributed by atoms with Crippen LogP contribution in [0.2, 0.25) is 0 Å². The zero-order valence-electron chi connectivity index (χ0n) is 9.13. The largest absolute Gasteiger partial charge is 0.399 e. The Morgan fingerprint density at radius 1 is 1.40 bits per heavy atom. The normalized spacial score (nSPS) is 9.73. The Morgan fingerprint density at radius 3 is 2.80 bits per heavy atom. The lowest BCUT2D eigenvalue weighted by molar-refractivity contribution is -0.118. The van der Waals surface area contributed by atoms with E-state index in [0.29, 0.717) is 13.1 Å². The lowest BCUT2D eigenvalue weighted by atomic mass is 10.2. The van der Waals surface area contributed by atoms with E-state index in [1.165, 1.54) is 6.92 Å². The van der Waals surface area contributed by atoms with E-state index in [2.05, 4.69) is 10.6 Å². The van der Waals surface area contributed by atoms with Crippen LogP contribution in [0.4, 0.5) is 11.4 Å². The number of rotatable bonds is 4. The number of carbonyl (C=O) groups is 1. The summed E-state index contributed by atoms with van der Waals surface area (Å²) in [4.78, 5) is 10.6. The van der Waals surface area contributed by atoms with Crippen LogP contribution >= 0.6 is 0 Å². The molecule has 0 bridgehead atoms. The number of hydrogen-bond donors (Lipinski definition) is 3. The lowest BCUT2D eigenvalue weighted by Crippen LogP contribution is -2.26. The number of carbonyl (C=O) groups excluding carboxylic acids is 1. The molecule has 0 aromatic heterocycles. The summed E-state index contributed by atoms with van der Waals surface area (Å²) >= 11 is 0. The van der Waals surface area contributed by atoms with Crippen LogP contribution in [-0.4, -0.2) is 19.0 Å². The van der Waals surface area contributed by atoms with E-state index in [1.807, 2.05) is 25.1 Å². The molecular weight excluding hydrogens is 190 g/mol. The number of nitrogens with one attached hydrogen (secondary N) is 2. The minimum absolute atomic E-state index is 0.0129. The number of nitrogens with two attached hydrogens (primary N) is 1. The maximum Gasteiger partial charge on any atom is 0.216 e. The number of hydrogen-bond acceptors (Lipinski definition) is 3. The van der Waals surface area contributed by atoms with Crippen molar-refractivity contribution in [2.24, 2.45) is 0 Å². The maximum absolute atomic E-state index is 10.6. The van der Waals surface area contributed by atoms with Crippen molar-refractivity contribution in [3.63, 3.8) is 0 Å². The van der Waals surface area contributed by atoms with E-state index in [9.17, 15) is 4.79 Å². The topological polar surface area (TPSA) is 67.2 Å². The molecule has 82 valence electrons. The first-order chi connectivity index (χ1) is 7.09. The fourth-order valence-electron chi connectivity index (χ4n) is 1.27. The van der Waals surface area contributed by atoms with Crippen LogP contribution in [0.5, 0.6) is 0 Å². The summed E-state index contributed by atoms with van der Waals surface area (Å²) in [5.41, 5.74) is 8.57. The summed E-state index contributed by atoms with van der Waals surface area (Å²) < 4.78 is 0. The minimum atomic E-state index is -0.0129. The number of benzene rings is 1. The number of amides is 1. The monoisotopic (exact) mass is 207 g/mol. The standard InChI is InChI=1S/C11H17N3O/c1-8-3-4-10(12)7-11(8)14-6-5-13-9(2)15/h3-4,7,14H,5-6,12H2,1-2H3,(H,13,15). The quantitative estimate of drug-likeness (QED) is 0.512. The molecule has 0 spiro atoms. The smallest absolute Gasteiger partial charge is 0.216 e. The van der Waals surface area contributed by atoms with Crippen molar-refractivity contribution in [2.45, 2.75) is 13.8 Å². The van der Waals surface area contributed by atoms with Gasteiger partial charge < -0.3 is 16.4 Å². The lowest BCUT2D eigenvalue weighted by Gasteiger charge is -2.10. The van der Waals surface area contributed by atoms with Crippen molar-refractivity contribution in [1.82, 2.24) is 5.32 Å². The third-order valence-corrected chi connectivity index (χ3v) is 2.08. The third kappa shape index (κ3) is 3.89. The van der Waals surface area contributed by atoms with Crippen molar-refractivity contribution in [1.29, 1.82) is 0 Å². The van der Waals surface area contributed by atoms with Crippen LogP contribution in [0.1, 0.15) is 12.5 Å². The van der Waals surface area contributed by atoms with Crippen LogP contribution in [-0.2, 0) is 4.79 Å². The molecule has 1 rings (SSSR count). The van der Waals surface area contributed by atoms with E-state index in [4.69, 9.17) is 5.73 Å². The summed E-state index contributed by atoms with van der Waals surface area (Å²) in [5, 5.41) is 5.93. The Kier molecular flexibility index (Phi) is 3.97. The van der Waals surface area contributed by atoms with Crippen LogP contribution in [0, 0.1) is 6.92 Å². The fourth-order valence-corrected chi connectivity index (χ4v) is 1.27. The molecule has 4 N–H and O–H groups in total. The average Bonchev–Trinajstić information content (AvgIpc) is 2.17. The van der Waals surface area contributed by atoms with Crippen molar-refractivity contribution in [2.75, 3.05) is 24.1 Å². The Hall–Kier alpha value is -1.71. The van der Waals surface area contributed by atoms with Gasteiger partial charge >= 0.3 is 0 Å². The van der Waals surface area contributed by atoms with Crippen molar-refractivity contribution >= 4 is 17.3 Å². The molecule has 0 radical (unpaired) electrons. The Morgan fingerprint density at radius 2 is 2.13 bits per heavy atom. The number of nitrogen functional groups attached to an aromatic ring is 1. The van der Waals surface area contributed by atoms with Gasteiger partial charge in [0.25, 0.3) is 0 Å². The van der Waals surface area contributed by atoms with Crippen molar-refractivity contribution < 1.29 is 4.79 Å². The van der Waals surface area contributed by atoms with Crippen LogP contribution in [0.3, 0.4) is 0 Å². The van der Waals surface area contributed by atoms with E-state index in [-0.39, 0.29) is 5.91 Å². The highest BCUT2D eigenvalue weighted by Gasteiger charge is 1.97. The zero-order valence-corrected chi connectivity index (χ0v) is 9.13. The molecular formula is C11H17N3O. The Bertz CT molecular complexity index is 350. The molecule has 0 aliphatic heterocycles. The molecule has 0 heterocycles. The summed E-state index contributed by atoms with van der Waals surface area (Å²) in [6.45, 7) is 4.83. The summed E-state index contributed by atoms with van der Waals surface area (Å²) in [5.74, 6) is -0.0129. The summed E-state index contributed by atoms with van der Waals surface area (Å²) in [7, 11) is 0. The second-order valence-electron chi connectivity index (χ2n) is 3.48. The van der Waals surface area contributed by atoms with Crippen molar-refractivity contribution in [3.05, 3.63) is 23.8 Å². The van der Waals surface area contributed by atoms with Crippen LogP contribution in [0.15, 0.2) is 18.2 Å². The number of anilines is 2. The molecule has 1 aromatic rings. The van der Waals surface area contributed by atoms with E-state index in [1.54, 1.807) is 0 Å². The van der Waals surface area contributed by atoms with Gasteiger partial charge in [-0.25, -0.2) is 0 Å². The van der Waals surface area contributed by atoms with Gasteiger partial charge in [0.05, 0.1) is 0 Å². The van der Waals surface area contributed by atoms with Gasteiger partial charge in [0.15, 0.2) is 0 Å². The van der Waals surface area contributed by atoms with Gasteiger partial charge in [-0.15, -0.1) is 0 Å². The fraction of sp³-hybridized carbons (Fsp3) is 0.364. The Labute approximate surface area is 89.9 Å². The SMILES string of the molecule is CC(=O)NCCNc1cc(N)ccc1C. The molecule has 0 atom stereocenters. The Balaban J connectivity index is 2.43. The van der Waals surface area contributed by atoms with Gasteiger partial charge in [-0.05, 0) is 24.6 Å². The van der Waals surface area contributed by atoms with Gasteiger partial charge in [0.1, 0.15) is 0 Å². The highest BCUT2D eigenvalue weighted by molar-refractivity contribution is 5.72. The van der Waals surface area contributed by atoms with Gasteiger partial charge in [-0.2, -0.15) is 0 Å². The molecule has 0 unspecified atom stereocenters. The second-order valence-corrected chi connectivity index (χ2v) is 3.48. The summed E-state index contributed by atoms with van der Waals surface area (Å²) in [6.07, 6.45) is 0. The van der Waals surface area contributed by atoms with Gasteiger partial charge in [0, 0.05) is 31.4 Å².